The van der Waals surface area contributed by atoms with E-state index >= 15 is 0 Å². The molecule has 2 radical (unpaired) electrons. The van der Waals surface area contributed by atoms with Crippen LogP contribution in [0.25, 0.3) is 0 Å². The molecule has 0 aromatic rings. The van der Waals surface area contributed by atoms with E-state index in [4.69, 9.17) is 11.5 Å². The Kier molecular flexibility index (Phi) is 18.3. The van der Waals surface area contributed by atoms with Gasteiger partial charge in [-0.05, 0) is 45.4 Å². The molecule has 0 aliphatic heterocycles. The number of hydrogen-bond acceptors (Lipinski definition) is 3. The summed E-state index contributed by atoms with van der Waals surface area (Å²) in [6.45, 7) is 3.71. The molecular weight excluding hydrogens is 166 g/mol. The molecule has 0 bridgehead atoms. The molecule has 0 amide bonds. The Morgan fingerprint density at radius 3 is 1.91 bits per heavy atom. The van der Waals surface area contributed by atoms with Crippen LogP contribution in [0.2, 0.25) is 0 Å². The van der Waals surface area contributed by atoms with E-state index in [-0.39, 0.29) is 37.7 Å². The van der Waals surface area contributed by atoms with Gasteiger partial charge in [-0.1, -0.05) is 0 Å². The number of nitrogens with one attached hydrogen (secondary N) is 1. The van der Waals surface area contributed by atoms with E-state index in [1.54, 1.807) is 0 Å². The van der Waals surface area contributed by atoms with Gasteiger partial charge in [0.05, 0.1) is 0 Å². The van der Waals surface area contributed by atoms with Crippen LogP contribution in [0.4, 0.5) is 0 Å². The largest absolute Gasteiger partial charge is 0.330 e. The topological polar surface area (TPSA) is 64.1 Å². The summed E-state index contributed by atoms with van der Waals surface area (Å²) in [6, 6.07) is 0. The molecule has 0 saturated heterocycles. The molecule has 0 saturated carbocycles. The standard InChI is InChI=1S/C7H19N3.Ca/c8-4-1-2-6-10-7-3-5-9;/h10H,1-9H2;. The van der Waals surface area contributed by atoms with Gasteiger partial charge >= 0.3 is 0 Å². The van der Waals surface area contributed by atoms with Crippen molar-refractivity contribution in [3.05, 3.63) is 0 Å². The van der Waals surface area contributed by atoms with Crippen molar-refractivity contribution in [2.24, 2.45) is 11.5 Å². The van der Waals surface area contributed by atoms with E-state index in [0.29, 0.717) is 0 Å². The van der Waals surface area contributed by atoms with E-state index in [1.165, 1.54) is 6.42 Å². The predicted octanol–water partition coefficient (Wildman–Crippen LogP) is -0.717. The van der Waals surface area contributed by atoms with Crippen molar-refractivity contribution in [1.82, 2.24) is 5.32 Å². The molecule has 4 heteroatoms. The van der Waals surface area contributed by atoms with Crippen LogP contribution < -0.4 is 16.8 Å². The molecule has 64 valence electrons. The van der Waals surface area contributed by atoms with Gasteiger partial charge in [0.1, 0.15) is 0 Å². The molecule has 0 fully saturated rings. The first-order chi connectivity index (χ1) is 4.91. The fourth-order valence-corrected chi connectivity index (χ4v) is 0.746. The number of rotatable bonds is 7. The molecular formula is C7H19CaN3. The SMILES string of the molecule is NCCCCNCCCN.[Ca]. The van der Waals surface area contributed by atoms with E-state index < -0.39 is 0 Å². The van der Waals surface area contributed by atoms with Crippen LogP contribution >= 0.6 is 0 Å². The molecule has 0 spiro atoms. The monoisotopic (exact) mass is 185 g/mol. The summed E-state index contributed by atoms with van der Waals surface area (Å²) in [4.78, 5) is 0. The smallest absolute Gasteiger partial charge is 0 e. The van der Waals surface area contributed by atoms with Gasteiger partial charge in [-0.25, -0.2) is 0 Å². The maximum absolute atomic E-state index is 5.32. The van der Waals surface area contributed by atoms with Crippen LogP contribution in [-0.2, 0) is 0 Å². The number of unbranched alkanes of at least 4 members (excludes halogenated alkanes) is 1. The van der Waals surface area contributed by atoms with Crippen molar-refractivity contribution in [3.63, 3.8) is 0 Å². The first-order valence-electron chi connectivity index (χ1n) is 4.02. The first kappa shape index (κ1) is 14.7. The molecule has 0 heterocycles. The average Bonchev–Trinajstić information content (AvgIpc) is 1.97. The minimum atomic E-state index is 0. The molecule has 11 heavy (non-hydrogen) atoms. The van der Waals surface area contributed by atoms with Crippen LogP contribution in [0.15, 0.2) is 0 Å². The summed E-state index contributed by atoms with van der Waals surface area (Å²) in [5.74, 6) is 0. The zero-order chi connectivity index (χ0) is 7.66. The molecule has 0 aliphatic carbocycles. The fourth-order valence-electron chi connectivity index (χ4n) is 0.746. The van der Waals surface area contributed by atoms with Gasteiger partial charge in [0.25, 0.3) is 0 Å². The zero-order valence-corrected chi connectivity index (χ0v) is 9.52. The van der Waals surface area contributed by atoms with Crippen LogP contribution in [0, 0.1) is 0 Å². The van der Waals surface area contributed by atoms with E-state index in [2.05, 4.69) is 5.32 Å². The average molecular weight is 185 g/mol. The Bertz CT molecular complexity index is 53.6. The molecule has 3 nitrogen and oxygen atoms in total. The second-order valence-electron chi connectivity index (χ2n) is 2.39. The summed E-state index contributed by atoms with van der Waals surface area (Å²) in [5, 5.41) is 3.29. The molecule has 0 aliphatic rings. The fraction of sp³-hybridized carbons (Fsp3) is 1.00. The quantitative estimate of drug-likeness (QED) is 0.362. The Balaban J connectivity index is 0. The Hall–Kier alpha value is 1.14. The molecule has 0 unspecified atom stereocenters. The Labute approximate surface area is 99.3 Å². The first-order valence-corrected chi connectivity index (χ1v) is 4.02. The van der Waals surface area contributed by atoms with E-state index in [9.17, 15) is 0 Å². The third-order valence-electron chi connectivity index (χ3n) is 1.37. The van der Waals surface area contributed by atoms with Gasteiger partial charge < -0.3 is 16.8 Å². The van der Waals surface area contributed by atoms with Gasteiger partial charge in [0.2, 0.25) is 0 Å². The van der Waals surface area contributed by atoms with Gasteiger partial charge in [0, 0.05) is 37.7 Å². The summed E-state index contributed by atoms with van der Waals surface area (Å²) >= 11 is 0. The molecule has 0 aromatic heterocycles. The number of hydrogen-bond donors (Lipinski definition) is 3. The van der Waals surface area contributed by atoms with E-state index in [0.717, 1.165) is 39.0 Å². The zero-order valence-electron chi connectivity index (χ0n) is 7.31. The van der Waals surface area contributed by atoms with Gasteiger partial charge in [0.15, 0.2) is 0 Å². The van der Waals surface area contributed by atoms with Crippen LogP contribution in [0.5, 0.6) is 0 Å². The van der Waals surface area contributed by atoms with Crippen molar-refractivity contribution in [2.75, 3.05) is 26.2 Å². The third kappa shape index (κ3) is 14.0. The van der Waals surface area contributed by atoms with Crippen molar-refractivity contribution < 1.29 is 0 Å². The molecule has 5 N–H and O–H groups in total. The van der Waals surface area contributed by atoms with Crippen LogP contribution in [0.3, 0.4) is 0 Å². The third-order valence-corrected chi connectivity index (χ3v) is 1.37. The summed E-state index contributed by atoms with van der Waals surface area (Å²) < 4.78 is 0. The second-order valence-corrected chi connectivity index (χ2v) is 2.39. The normalized spacial score (nSPS) is 9.27. The van der Waals surface area contributed by atoms with Crippen molar-refractivity contribution >= 4 is 37.7 Å². The predicted molar refractivity (Wildman–Crippen MR) is 50.6 cm³/mol. The maximum Gasteiger partial charge on any atom is 0 e. The minimum Gasteiger partial charge on any atom is -0.330 e. The maximum atomic E-state index is 5.32. The van der Waals surface area contributed by atoms with Crippen LogP contribution in [-0.4, -0.2) is 63.9 Å². The summed E-state index contributed by atoms with van der Waals surface area (Å²) in [6.07, 6.45) is 3.37. The minimum absolute atomic E-state index is 0. The molecule has 0 rings (SSSR count). The van der Waals surface area contributed by atoms with Crippen molar-refractivity contribution in [2.45, 2.75) is 19.3 Å². The molecule has 0 atom stereocenters. The van der Waals surface area contributed by atoms with Gasteiger partial charge in [-0.15, -0.1) is 0 Å². The van der Waals surface area contributed by atoms with Crippen molar-refractivity contribution in [3.8, 4) is 0 Å². The van der Waals surface area contributed by atoms with Crippen molar-refractivity contribution in [1.29, 1.82) is 0 Å². The van der Waals surface area contributed by atoms with E-state index in [1.807, 2.05) is 0 Å². The second kappa shape index (κ2) is 13.7. The number of nitrogens with two attached hydrogens (primary N) is 2. The van der Waals surface area contributed by atoms with Crippen LogP contribution in [0.1, 0.15) is 19.3 Å². The Morgan fingerprint density at radius 2 is 1.36 bits per heavy atom. The summed E-state index contributed by atoms with van der Waals surface area (Å²) in [5.41, 5.74) is 10.6. The Morgan fingerprint density at radius 1 is 0.818 bits per heavy atom. The summed E-state index contributed by atoms with van der Waals surface area (Å²) in [7, 11) is 0. The molecule has 0 aromatic carbocycles. The van der Waals surface area contributed by atoms with Gasteiger partial charge in [-0.3, -0.25) is 0 Å². The van der Waals surface area contributed by atoms with Gasteiger partial charge in [-0.2, -0.15) is 0 Å².